The van der Waals surface area contributed by atoms with E-state index < -0.39 is 36.0 Å². The van der Waals surface area contributed by atoms with Crippen molar-refractivity contribution >= 4 is 5.97 Å². The zero-order valence-electron chi connectivity index (χ0n) is 18.8. The molecule has 4 bridgehead atoms. The molecule has 2 N–H and O–H groups in total. The Morgan fingerprint density at radius 3 is 2.57 bits per heavy atom. The van der Waals surface area contributed by atoms with Crippen molar-refractivity contribution < 1.29 is 29.2 Å². The predicted octanol–water partition coefficient (Wildman–Crippen LogP) is 2.48. The van der Waals surface area contributed by atoms with Crippen LogP contribution in [-0.4, -0.2) is 59.4 Å². The number of rotatable bonds is 2. The molecule has 4 rings (SSSR count). The van der Waals surface area contributed by atoms with Gasteiger partial charge in [0.25, 0.3) is 0 Å². The van der Waals surface area contributed by atoms with Crippen molar-refractivity contribution in [1.29, 1.82) is 0 Å². The van der Waals surface area contributed by atoms with Crippen molar-refractivity contribution in [3.63, 3.8) is 0 Å². The van der Waals surface area contributed by atoms with Crippen LogP contribution in [0, 0.1) is 35.5 Å². The Hall–Kier alpha value is -1.21. The molecule has 4 aliphatic rings. The monoisotopic (exact) mass is 420 g/mol. The van der Waals surface area contributed by atoms with Gasteiger partial charge >= 0.3 is 5.97 Å². The van der Waals surface area contributed by atoms with E-state index in [-0.39, 0.29) is 41.6 Å². The van der Waals surface area contributed by atoms with Crippen LogP contribution in [0.5, 0.6) is 0 Å². The lowest BCUT2D eigenvalue weighted by molar-refractivity contribution is -0.172. The van der Waals surface area contributed by atoms with Crippen LogP contribution in [0.3, 0.4) is 0 Å². The fraction of sp³-hybridized carbons (Fsp3) is 0.792. The number of carbonyl (C=O) groups is 1. The van der Waals surface area contributed by atoms with Gasteiger partial charge in [-0.05, 0) is 37.7 Å². The highest BCUT2D eigenvalue weighted by Crippen LogP contribution is 2.61. The molecular formula is C24H36O6. The molecule has 1 saturated carbocycles. The van der Waals surface area contributed by atoms with Crippen LogP contribution in [0.4, 0.5) is 0 Å². The number of carbonyl (C=O) groups excluding carboxylic acids is 1. The Balaban J connectivity index is 1.86. The van der Waals surface area contributed by atoms with Gasteiger partial charge in [-0.1, -0.05) is 39.0 Å². The first-order valence-corrected chi connectivity index (χ1v) is 11.3. The molecule has 6 heteroatoms. The highest BCUT2D eigenvalue weighted by atomic mass is 16.6. The molecule has 2 aliphatic carbocycles. The predicted molar refractivity (Wildman–Crippen MR) is 111 cm³/mol. The smallest absolute Gasteiger partial charge is 0.335 e. The minimum atomic E-state index is -0.813. The standard InChI is InChI=1S/C24H36O6/c1-11-9-12(2)24-16(10-18(28-6)23(27)29-21(11)15(5)25)7-8-17-19(24)20(26)13(3)14(4)22(17)30-24/h7-9,11,13-22,25-26H,10H2,1-6H3/b12-9+/t11-,13?,14-,15-,16-,17-,18+,19+,20-,21+,22+,24+/m1/s1. The minimum Gasteiger partial charge on any atom is -0.457 e. The van der Waals surface area contributed by atoms with Crippen molar-refractivity contribution in [3.8, 4) is 0 Å². The van der Waals surface area contributed by atoms with E-state index in [1.807, 2.05) is 6.92 Å². The Kier molecular flexibility index (Phi) is 5.67. The van der Waals surface area contributed by atoms with Gasteiger partial charge in [-0.2, -0.15) is 0 Å². The van der Waals surface area contributed by atoms with Gasteiger partial charge < -0.3 is 24.4 Å². The number of esters is 1. The fourth-order valence-corrected chi connectivity index (χ4v) is 6.61. The summed E-state index contributed by atoms with van der Waals surface area (Å²) in [4.78, 5) is 12.9. The fourth-order valence-electron chi connectivity index (χ4n) is 6.61. The van der Waals surface area contributed by atoms with Crippen molar-refractivity contribution in [2.45, 2.75) is 77.2 Å². The number of cyclic esters (lactones) is 1. The summed E-state index contributed by atoms with van der Waals surface area (Å²) in [6, 6.07) is 0. The van der Waals surface area contributed by atoms with Crippen LogP contribution in [0.1, 0.15) is 41.0 Å². The molecule has 1 saturated heterocycles. The number of hydrogen-bond donors (Lipinski definition) is 2. The van der Waals surface area contributed by atoms with Crippen LogP contribution in [0.15, 0.2) is 23.8 Å². The molecule has 1 spiro atoms. The van der Waals surface area contributed by atoms with E-state index in [1.165, 1.54) is 7.11 Å². The molecule has 0 aromatic carbocycles. The van der Waals surface area contributed by atoms with Gasteiger partial charge in [-0.15, -0.1) is 0 Å². The Bertz CT molecular complexity index is 744. The highest BCUT2D eigenvalue weighted by molar-refractivity contribution is 5.75. The molecular weight excluding hydrogens is 384 g/mol. The third kappa shape index (κ3) is 3.02. The van der Waals surface area contributed by atoms with Gasteiger partial charge in [-0.25, -0.2) is 4.79 Å². The summed E-state index contributed by atoms with van der Waals surface area (Å²) in [5.41, 5.74) is 0.356. The van der Waals surface area contributed by atoms with Gasteiger partial charge in [0.05, 0.1) is 18.3 Å². The normalized spacial score (nSPS) is 53.3. The number of hydrogen-bond acceptors (Lipinski definition) is 6. The van der Waals surface area contributed by atoms with Gasteiger partial charge in [0.2, 0.25) is 0 Å². The lowest BCUT2D eigenvalue weighted by atomic mass is 9.56. The third-order valence-electron chi connectivity index (χ3n) is 8.38. The molecule has 30 heavy (non-hydrogen) atoms. The minimum absolute atomic E-state index is 0.0387. The average Bonchev–Trinajstić information content (AvgIpc) is 2.91. The molecule has 0 radical (unpaired) electrons. The van der Waals surface area contributed by atoms with Gasteiger partial charge in [0, 0.05) is 30.8 Å². The molecule has 2 heterocycles. The van der Waals surface area contributed by atoms with Crippen LogP contribution in [-0.2, 0) is 19.0 Å². The van der Waals surface area contributed by atoms with Gasteiger partial charge in [-0.3, -0.25) is 0 Å². The van der Waals surface area contributed by atoms with Crippen LogP contribution in [0.25, 0.3) is 0 Å². The number of methoxy groups -OCH3 is 1. The van der Waals surface area contributed by atoms with E-state index in [2.05, 4.69) is 39.0 Å². The number of ether oxygens (including phenoxy) is 3. The first-order chi connectivity index (χ1) is 14.1. The zero-order chi connectivity index (χ0) is 22.0. The van der Waals surface area contributed by atoms with E-state index in [4.69, 9.17) is 14.2 Å². The lowest BCUT2D eigenvalue weighted by Gasteiger charge is -2.49. The van der Waals surface area contributed by atoms with E-state index in [1.54, 1.807) is 6.92 Å². The first-order valence-electron chi connectivity index (χ1n) is 11.3. The molecule has 1 unspecified atom stereocenters. The Morgan fingerprint density at radius 1 is 1.23 bits per heavy atom. The van der Waals surface area contributed by atoms with Gasteiger partial charge in [0.1, 0.15) is 11.7 Å². The van der Waals surface area contributed by atoms with Crippen LogP contribution >= 0.6 is 0 Å². The number of aliphatic hydroxyl groups excluding tert-OH is 2. The molecule has 0 aromatic rings. The maximum atomic E-state index is 12.9. The SMILES string of the molecule is CO[C@H]1C[C@H]2C=C[C@H]3[C@H]4O[C@]2(/C(C)=C/[C@@H](C)[C@@H]([C@@H](C)O)OC1=O)[C@@H]3[C@H](O)C(C)[C@H]4C. The van der Waals surface area contributed by atoms with Crippen molar-refractivity contribution in [2.75, 3.05) is 7.11 Å². The molecule has 168 valence electrons. The second-order valence-electron chi connectivity index (χ2n) is 9.99. The summed E-state index contributed by atoms with van der Waals surface area (Å²) in [6.45, 7) is 9.91. The summed E-state index contributed by atoms with van der Waals surface area (Å²) in [6.07, 6.45) is 4.14. The van der Waals surface area contributed by atoms with Crippen molar-refractivity contribution in [2.24, 2.45) is 35.5 Å². The largest absolute Gasteiger partial charge is 0.457 e. The number of aliphatic hydroxyl groups is 2. The zero-order valence-corrected chi connectivity index (χ0v) is 18.8. The van der Waals surface area contributed by atoms with Crippen molar-refractivity contribution in [3.05, 3.63) is 23.8 Å². The van der Waals surface area contributed by atoms with Crippen molar-refractivity contribution in [1.82, 2.24) is 0 Å². The second-order valence-corrected chi connectivity index (χ2v) is 9.99. The van der Waals surface area contributed by atoms with Crippen LogP contribution < -0.4 is 0 Å². The third-order valence-corrected chi connectivity index (χ3v) is 8.38. The Morgan fingerprint density at radius 2 is 1.93 bits per heavy atom. The summed E-state index contributed by atoms with van der Waals surface area (Å²) in [5, 5.41) is 21.6. The first kappa shape index (κ1) is 22.0. The highest BCUT2D eigenvalue weighted by Gasteiger charge is 2.67. The average molecular weight is 421 g/mol. The summed E-state index contributed by atoms with van der Waals surface area (Å²) in [5.74, 6) is -0.318. The molecule has 2 fully saturated rings. The molecule has 12 atom stereocenters. The summed E-state index contributed by atoms with van der Waals surface area (Å²) < 4.78 is 18.1. The summed E-state index contributed by atoms with van der Waals surface area (Å²) >= 11 is 0. The maximum absolute atomic E-state index is 12.9. The van der Waals surface area contributed by atoms with E-state index in [0.717, 1.165) is 5.57 Å². The molecule has 0 aromatic heterocycles. The van der Waals surface area contributed by atoms with Crippen LogP contribution in [0.2, 0.25) is 0 Å². The lowest BCUT2D eigenvalue weighted by Crippen LogP contribution is -2.55. The maximum Gasteiger partial charge on any atom is 0.335 e. The van der Waals surface area contributed by atoms with Gasteiger partial charge in [0.15, 0.2) is 6.10 Å². The van der Waals surface area contributed by atoms with E-state index >= 15 is 0 Å². The van der Waals surface area contributed by atoms with E-state index in [9.17, 15) is 15.0 Å². The second kappa shape index (κ2) is 7.73. The topological polar surface area (TPSA) is 85.2 Å². The van der Waals surface area contributed by atoms with E-state index in [0.29, 0.717) is 6.42 Å². The molecule has 2 aliphatic heterocycles. The quantitative estimate of drug-likeness (QED) is 0.527. The molecule has 0 amide bonds. The Labute approximate surface area is 179 Å². The molecule has 6 nitrogen and oxygen atoms in total. The summed E-state index contributed by atoms with van der Waals surface area (Å²) in [7, 11) is 1.51.